The molecule has 0 saturated heterocycles. The summed E-state index contributed by atoms with van der Waals surface area (Å²) >= 11 is 0. The molecule has 37 heavy (non-hydrogen) atoms. The van der Waals surface area contributed by atoms with E-state index < -0.39 is 0 Å². The van der Waals surface area contributed by atoms with Crippen LogP contribution >= 0.6 is 0 Å². The Morgan fingerprint density at radius 3 is 1.43 bits per heavy atom. The molecule has 0 aliphatic heterocycles. The van der Waals surface area contributed by atoms with E-state index in [1.807, 2.05) is 86.9 Å². The van der Waals surface area contributed by atoms with Crippen molar-refractivity contribution in [3.63, 3.8) is 0 Å². The van der Waals surface area contributed by atoms with Gasteiger partial charge in [0.1, 0.15) is 11.2 Å². The molecule has 4 aromatic carbocycles. The number of carbonyl (C=O) groups is 2. The Morgan fingerprint density at radius 1 is 0.568 bits per heavy atom. The number of rotatable bonds is 4. The van der Waals surface area contributed by atoms with Gasteiger partial charge in [-0.15, -0.1) is 0 Å². The van der Waals surface area contributed by atoms with E-state index in [0.717, 1.165) is 78.8 Å². The first-order valence-electron chi connectivity index (χ1n) is 12.1. The summed E-state index contributed by atoms with van der Waals surface area (Å²) in [5.74, 6) is 0. The largest absolute Gasteiger partial charge is 0.456 e. The lowest BCUT2D eigenvalue weighted by Crippen LogP contribution is -1.94. The first-order valence-corrected chi connectivity index (χ1v) is 12.1. The van der Waals surface area contributed by atoms with Gasteiger partial charge < -0.3 is 13.6 Å². The van der Waals surface area contributed by atoms with Gasteiger partial charge in [0.15, 0.2) is 12.6 Å². The number of aldehydes is 2. The summed E-state index contributed by atoms with van der Waals surface area (Å²) in [5, 5.41) is 3.80. The third-order valence-corrected chi connectivity index (χ3v) is 7.54. The van der Waals surface area contributed by atoms with Crippen LogP contribution in [0.4, 0.5) is 0 Å². The van der Waals surface area contributed by atoms with Crippen molar-refractivity contribution in [2.45, 2.75) is 0 Å². The van der Waals surface area contributed by atoms with Crippen molar-refractivity contribution in [1.82, 2.24) is 9.13 Å². The lowest BCUT2D eigenvalue weighted by Gasteiger charge is -2.07. The van der Waals surface area contributed by atoms with Crippen molar-refractivity contribution in [2.24, 2.45) is 14.1 Å². The maximum atomic E-state index is 12.2. The lowest BCUT2D eigenvalue weighted by atomic mass is 10.0. The highest BCUT2D eigenvalue weighted by Gasteiger charge is 2.20. The number of furan rings is 1. The van der Waals surface area contributed by atoms with Crippen molar-refractivity contribution < 1.29 is 14.0 Å². The molecule has 7 rings (SSSR count). The number of aromatic nitrogens is 2. The van der Waals surface area contributed by atoms with Gasteiger partial charge in [0.05, 0.1) is 11.4 Å². The highest BCUT2D eigenvalue weighted by atomic mass is 16.3. The predicted octanol–water partition coefficient (Wildman–Crippen LogP) is 7.53. The molecule has 0 aliphatic rings. The number of benzene rings is 4. The Morgan fingerprint density at radius 2 is 1.00 bits per heavy atom. The van der Waals surface area contributed by atoms with Gasteiger partial charge in [-0.05, 0) is 59.7 Å². The fraction of sp³-hybridized carbons (Fsp3) is 0.0625. The molecule has 0 N–H and O–H groups in total. The topological polar surface area (TPSA) is 57.1 Å². The average molecular weight is 483 g/mol. The van der Waals surface area contributed by atoms with Gasteiger partial charge >= 0.3 is 0 Å². The van der Waals surface area contributed by atoms with Crippen LogP contribution in [0.5, 0.6) is 0 Å². The molecule has 0 atom stereocenters. The molecular weight excluding hydrogens is 460 g/mol. The van der Waals surface area contributed by atoms with Crippen LogP contribution in [0, 0.1) is 0 Å². The van der Waals surface area contributed by atoms with Crippen LogP contribution in [0.2, 0.25) is 0 Å². The zero-order valence-electron chi connectivity index (χ0n) is 20.4. The normalized spacial score (nSPS) is 11.7. The van der Waals surface area contributed by atoms with Crippen molar-refractivity contribution >= 4 is 56.3 Å². The summed E-state index contributed by atoms with van der Waals surface area (Å²) in [4.78, 5) is 24.3. The van der Waals surface area contributed by atoms with Crippen molar-refractivity contribution in [3.8, 4) is 22.5 Å². The van der Waals surface area contributed by atoms with Crippen LogP contribution in [0.1, 0.15) is 20.7 Å². The second-order valence-corrected chi connectivity index (χ2v) is 9.44. The summed E-state index contributed by atoms with van der Waals surface area (Å²) in [7, 11) is 3.98. The van der Waals surface area contributed by atoms with Gasteiger partial charge in [-0.3, -0.25) is 9.59 Å². The Balaban J connectivity index is 1.48. The molecule has 178 valence electrons. The smallest absolute Gasteiger partial charge is 0.152 e. The van der Waals surface area contributed by atoms with E-state index in [0.29, 0.717) is 11.1 Å². The minimum Gasteiger partial charge on any atom is -0.456 e. The van der Waals surface area contributed by atoms with E-state index in [1.165, 1.54) is 0 Å². The zero-order chi connectivity index (χ0) is 25.3. The van der Waals surface area contributed by atoms with E-state index in [9.17, 15) is 9.59 Å². The van der Waals surface area contributed by atoms with Gasteiger partial charge in [0.2, 0.25) is 0 Å². The van der Waals surface area contributed by atoms with Crippen LogP contribution in [0.15, 0.2) is 89.3 Å². The first-order chi connectivity index (χ1) is 18.1. The molecule has 0 amide bonds. The van der Waals surface area contributed by atoms with Crippen molar-refractivity contribution in [2.75, 3.05) is 0 Å². The van der Waals surface area contributed by atoms with E-state index in [4.69, 9.17) is 4.42 Å². The minimum atomic E-state index is 0.678. The summed E-state index contributed by atoms with van der Waals surface area (Å²) in [5.41, 5.74) is 8.56. The fourth-order valence-corrected chi connectivity index (χ4v) is 5.85. The van der Waals surface area contributed by atoms with E-state index in [1.54, 1.807) is 0 Å². The van der Waals surface area contributed by atoms with Gasteiger partial charge in [0, 0.05) is 57.8 Å². The zero-order valence-corrected chi connectivity index (χ0v) is 20.4. The lowest BCUT2D eigenvalue weighted by molar-refractivity contribution is 0.111. The molecule has 0 fully saturated rings. The quantitative estimate of drug-likeness (QED) is 0.244. The molecule has 0 bridgehead atoms. The first kappa shape index (κ1) is 21.4. The Labute approximate surface area is 212 Å². The van der Waals surface area contributed by atoms with E-state index in [-0.39, 0.29) is 0 Å². The standard InChI is InChI=1S/C32H22N2O3/c1-33-27-9-5-3-7-21(27)25(17-35)31(33)19-11-13-29-23(15-19)24-16-20(12-14-30(24)37-29)32-26(18-36)22-8-4-6-10-28(22)34(32)2/h3-18H,1-2H3. The molecule has 3 heterocycles. The number of nitrogens with zero attached hydrogens (tertiary/aromatic N) is 2. The summed E-state index contributed by atoms with van der Waals surface area (Å²) in [6.45, 7) is 0. The Kier molecular flexibility index (Phi) is 4.51. The summed E-state index contributed by atoms with van der Waals surface area (Å²) in [6, 6.07) is 28.0. The Bertz CT molecular complexity index is 1910. The maximum absolute atomic E-state index is 12.2. The second-order valence-electron chi connectivity index (χ2n) is 9.44. The number of hydrogen-bond acceptors (Lipinski definition) is 3. The van der Waals surface area contributed by atoms with E-state index in [2.05, 4.69) is 21.3 Å². The predicted molar refractivity (Wildman–Crippen MR) is 148 cm³/mol. The molecule has 0 aliphatic carbocycles. The van der Waals surface area contributed by atoms with Crippen molar-refractivity contribution in [1.29, 1.82) is 0 Å². The van der Waals surface area contributed by atoms with Crippen LogP contribution in [-0.2, 0) is 14.1 Å². The molecule has 7 aromatic rings. The third kappa shape index (κ3) is 2.91. The van der Waals surface area contributed by atoms with Gasteiger partial charge in [-0.2, -0.15) is 0 Å². The maximum Gasteiger partial charge on any atom is 0.152 e. The molecule has 0 radical (unpaired) electrons. The molecule has 0 spiro atoms. The molecule has 3 aromatic heterocycles. The average Bonchev–Trinajstić information content (AvgIpc) is 3.55. The van der Waals surface area contributed by atoms with Crippen LogP contribution < -0.4 is 0 Å². The molecule has 0 unspecified atom stereocenters. The fourth-order valence-electron chi connectivity index (χ4n) is 5.85. The summed E-state index contributed by atoms with van der Waals surface area (Å²) < 4.78 is 10.3. The van der Waals surface area contributed by atoms with Crippen LogP contribution in [-0.4, -0.2) is 21.7 Å². The van der Waals surface area contributed by atoms with Gasteiger partial charge in [-0.1, -0.05) is 36.4 Å². The SMILES string of the molecule is Cn1c(-c2ccc3oc4ccc(-c5c(C=O)c6ccccc6n5C)cc4c3c2)c(C=O)c2ccccc21. The van der Waals surface area contributed by atoms with Crippen molar-refractivity contribution in [3.05, 3.63) is 96.1 Å². The molecule has 5 nitrogen and oxygen atoms in total. The number of carbonyl (C=O) groups excluding carboxylic acids is 2. The number of para-hydroxylation sites is 2. The molecule has 5 heteroatoms. The summed E-state index contributed by atoms with van der Waals surface area (Å²) in [6.07, 6.45) is 1.88. The third-order valence-electron chi connectivity index (χ3n) is 7.54. The highest BCUT2D eigenvalue weighted by Crippen LogP contribution is 2.39. The molecular formula is C32H22N2O3. The minimum absolute atomic E-state index is 0.678. The Hall–Kier alpha value is -4.90. The molecule has 0 saturated carbocycles. The van der Waals surface area contributed by atoms with Crippen LogP contribution in [0.3, 0.4) is 0 Å². The highest BCUT2D eigenvalue weighted by molar-refractivity contribution is 6.11. The van der Waals surface area contributed by atoms with Crippen LogP contribution in [0.25, 0.3) is 66.3 Å². The second kappa shape index (κ2) is 7.80. The number of hydrogen-bond donors (Lipinski definition) is 0. The van der Waals surface area contributed by atoms with Gasteiger partial charge in [0.25, 0.3) is 0 Å². The van der Waals surface area contributed by atoms with E-state index >= 15 is 0 Å². The number of fused-ring (bicyclic) bond motifs is 5. The monoisotopic (exact) mass is 482 g/mol. The van der Waals surface area contributed by atoms with Gasteiger partial charge in [-0.25, -0.2) is 0 Å². The number of aryl methyl sites for hydroxylation is 2.